The molecule has 0 radical (unpaired) electrons. The molecule has 1 aromatic carbocycles. The summed E-state index contributed by atoms with van der Waals surface area (Å²) >= 11 is 0. The van der Waals surface area contributed by atoms with Crippen molar-refractivity contribution in [3.63, 3.8) is 0 Å². The SMILES string of the molecule is COC(=O)c1cc(CCN)cc(C(=O)OC)c1. The molecule has 0 atom stereocenters. The Hall–Kier alpha value is -1.88. The van der Waals surface area contributed by atoms with Gasteiger partial charge in [-0.2, -0.15) is 0 Å². The smallest absolute Gasteiger partial charge is 0.337 e. The van der Waals surface area contributed by atoms with Gasteiger partial charge in [-0.05, 0) is 36.7 Å². The lowest BCUT2D eigenvalue weighted by molar-refractivity contribution is 0.0599. The summed E-state index contributed by atoms with van der Waals surface area (Å²) in [7, 11) is 2.57. The van der Waals surface area contributed by atoms with E-state index >= 15 is 0 Å². The van der Waals surface area contributed by atoms with Crippen LogP contribution in [0.4, 0.5) is 0 Å². The number of carbonyl (C=O) groups is 2. The van der Waals surface area contributed by atoms with E-state index in [9.17, 15) is 9.59 Å². The van der Waals surface area contributed by atoms with E-state index in [1.165, 1.54) is 20.3 Å². The molecule has 0 aromatic heterocycles. The number of hydrogen-bond donors (Lipinski definition) is 1. The molecular formula is C12H15NO4. The van der Waals surface area contributed by atoms with Crippen LogP contribution in [0.25, 0.3) is 0 Å². The van der Waals surface area contributed by atoms with E-state index in [0.29, 0.717) is 24.1 Å². The van der Waals surface area contributed by atoms with Crippen molar-refractivity contribution in [1.29, 1.82) is 0 Å². The first-order valence-corrected chi connectivity index (χ1v) is 5.13. The molecule has 0 spiro atoms. The summed E-state index contributed by atoms with van der Waals surface area (Å²) in [6.45, 7) is 0.436. The van der Waals surface area contributed by atoms with Gasteiger partial charge in [-0.1, -0.05) is 0 Å². The zero-order chi connectivity index (χ0) is 12.8. The maximum atomic E-state index is 11.4. The summed E-state index contributed by atoms with van der Waals surface area (Å²) in [4.78, 5) is 22.9. The highest BCUT2D eigenvalue weighted by Crippen LogP contribution is 2.13. The maximum Gasteiger partial charge on any atom is 0.337 e. The first-order chi connectivity index (χ1) is 8.12. The highest BCUT2D eigenvalue weighted by molar-refractivity contribution is 5.95. The number of esters is 2. The molecule has 0 aliphatic rings. The van der Waals surface area contributed by atoms with Crippen LogP contribution >= 0.6 is 0 Å². The van der Waals surface area contributed by atoms with Crippen LogP contribution < -0.4 is 5.73 Å². The van der Waals surface area contributed by atoms with E-state index in [2.05, 4.69) is 9.47 Å². The van der Waals surface area contributed by atoms with Gasteiger partial charge in [0.25, 0.3) is 0 Å². The number of methoxy groups -OCH3 is 2. The molecule has 0 fully saturated rings. The number of ether oxygens (including phenoxy) is 2. The van der Waals surface area contributed by atoms with Crippen molar-refractivity contribution in [3.8, 4) is 0 Å². The predicted molar refractivity (Wildman–Crippen MR) is 61.9 cm³/mol. The summed E-state index contributed by atoms with van der Waals surface area (Å²) in [5.41, 5.74) is 6.88. The maximum absolute atomic E-state index is 11.4. The van der Waals surface area contributed by atoms with Gasteiger partial charge in [-0.15, -0.1) is 0 Å². The van der Waals surface area contributed by atoms with E-state index < -0.39 is 11.9 Å². The zero-order valence-corrected chi connectivity index (χ0v) is 9.86. The lowest BCUT2D eigenvalue weighted by atomic mass is 10.0. The Kier molecular flexibility index (Phi) is 4.66. The topological polar surface area (TPSA) is 78.6 Å². The molecule has 17 heavy (non-hydrogen) atoms. The van der Waals surface area contributed by atoms with Gasteiger partial charge in [-0.3, -0.25) is 0 Å². The van der Waals surface area contributed by atoms with Crippen LogP contribution in [0.15, 0.2) is 18.2 Å². The molecule has 0 unspecified atom stereocenters. The molecule has 0 heterocycles. The summed E-state index contributed by atoms with van der Waals surface area (Å²) < 4.78 is 9.23. The lowest BCUT2D eigenvalue weighted by Gasteiger charge is -2.07. The third kappa shape index (κ3) is 3.29. The number of rotatable bonds is 4. The second-order valence-electron chi connectivity index (χ2n) is 3.44. The molecule has 0 saturated carbocycles. The first kappa shape index (κ1) is 13.2. The Morgan fingerprint density at radius 1 is 1.06 bits per heavy atom. The van der Waals surface area contributed by atoms with Crippen molar-refractivity contribution in [3.05, 3.63) is 34.9 Å². The average Bonchev–Trinajstić information content (AvgIpc) is 2.36. The van der Waals surface area contributed by atoms with Gasteiger partial charge in [0.1, 0.15) is 0 Å². The van der Waals surface area contributed by atoms with E-state index in [4.69, 9.17) is 5.73 Å². The van der Waals surface area contributed by atoms with Crippen LogP contribution in [-0.4, -0.2) is 32.7 Å². The average molecular weight is 237 g/mol. The quantitative estimate of drug-likeness (QED) is 0.782. The Morgan fingerprint density at radius 3 is 1.88 bits per heavy atom. The van der Waals surface area contributed by atoms with Crippen LogP contribution in [0.5, 0.6) is 0 Å². The first-order valence-electron chi connectivity index (χ1n) is 5.13. The third-order valence-electron chi connectivity index (χ3n) is 2.27. The van der Waals surface area contributed by atoms with E-state index in [0.717, 1.165) is 5.56 Å². The summed E-state index contributed by atoms with van der Waals surface area (Å²) in [5.74, 6) is -0.983. The van der Waals surface area contributed by atoms with Gasteiger partial charge in [0.05, 0.1) is 25.3 Å². The van der Waals surface area contributed by atoms with E-state index in [1.54, 1.807) is 12.1 Å². The molecule has 92 valence electrons. The number of carbonyl (C=O) groups excluding carboxylic acids is 2. The summed E-state index contributed by atoms with van der Waals surface area (Å²) in [6.07, 6.45) is 0.578. The molecule has 0 bridgehead atoms. The number of nitrogens with two attached hydrogens (primary N) is 1. The highest BCUT2D eigenvalue weighted by atomic mass is 16.5. The molecule has 0 amide bonds. The summed E-state index contributed by atoms with van der Waals surface area (Å²) in [5, 5.41) is 0. The molecule has 0 saturated heterocycles. The minimum atomic E-state index is -0.492. The van der Waals surface area contributed by atoms with Crippen molar-refractivity contribution < 1.29 is 19.1 Å². The van der Waals surface area contributed by atoms with Crippen molar-refractivity contribution in [1.82, 2.24) is 0 Å². The number of hydrogen-bond acceptors (Lipinski definition) is 5. The largest absolute Gasteiger partial charge is 0.465 e. The van der Waals surface area contributed by atoms with Crippen LogP contribution in [-0.2, 0) is 15.9 Å². The van der Waals surface area contributed by atoms with Gasteiger partial charge in [0, 0.05) is 0 Å². The second kappa shape index (κ2) is 6.00. The van der Waals surface area contributed by atoms with Crippen LogP contribution in [0, 0.1) is 0 Å². The second-order valence-corrected chi connectivity index (χ2v) is 3.44. The standard InChI is InChI=1S/C12H15NO4/c1-16-11(14)9-5-8(3-4-13)6-10(7-9)12(15)17-2/h5-7H,3-4,13H2,1-2H3. The molecule has 2 N–H and O–H groups in total. The minimum Gasteiger partial charge on any atom is -0.465 e. The molecular weight excluding hydrogens is 222 g/mol. The van der Waals surface area contributed by atoms with Gasteiger partial charge >= 0.3 is 11.9 Å². The van der Waals surface area contributed by atoms with Crippen molar-refractivity contribution in [2.75, 3.05) is 20.8 Å². The fourth-order valence-corrected chi connectivity index (χ4v) is 1.47. The Bertz CT molecular complexity index is 394. The fraction of sp³-hybridized carbons (Fsp3) is 0.333. The van der Waals surface area contributed by atoms with Gasteiger partial charge < -0.3 is 15.2 Å². The fourth-order valence-electron chi connectivity index (χ4n) is 1.47. The molecule has 1 aromatic rings. The Morgan fingerprint density at radius 2 is 1.53 bits per heavy atom. The van der Waals surface area contributed by atoms with Crippen LogP contribution in [0.2, 0.25) is 0 Å². The minimum absolute atomic E-state index is 0.318. The lowest BCUT2D eigenvalue weighted by Crippen LogP contribution is -2.10. The monoisotopic (exact) mass is 237 g/mol. The van der Waals surface area contributed by atoms with Gasteiger partial charge in [0.2, 0.25) is 0 Å². The van der Waals surface area contributed by atoms with E-state index in [-0.39, 0.29) is 0 Å². The van der Waals surface area contributed by atoms with Crippen molar-refractivity contribution in [2.45, 2.75) is 6.42 Å². The van der Waals surface area contributed by atoms with Crippen molar-refractivity contribution >= 4 is 11.9 Å². The summed E-state index contributed by atoms with van der Waals surface area (Å²) in [6, 6.07) is 4.76. The molecule has 0 aliphatic heterocycles. The normalized spacial score (nSPS) is 9.82. The van der Waals surface area contributed by atoms with Gasteiger partial charge in [0.15, 0.2) is 0 Å². The highest BCUT2D eigenvalue weighted by Gasteiger charge is 2.13. The zero-order valence-electron chi connectivity index (χ0n) is 9.86. The Balaban J connectivity index is 3.18. The van der Waals surface area contributed by atoms with Crippen molar-refractivity contribution in [2.24, 2.45) is 5.73 Å². The molecule has 1 rings (SSSR count). The number of benzene rings is 1. The van der Waals surface area contributed by atoms with Crippen LogP contribution in [0.1, 0.15) is 26.3 Å². The van der Waals surface area contributed by atoms with Gasteiger partial charge in [-0.25, -0.2) is 9.59 Å². The molecule has 5 heteroatoms. The Labute approximate surface area is 99.5 Å². The molecule has 5 nitrogen and oxygen atoms in total. The predicted octanol–water partition coefficient (Wildman–Crippen LogP) is 0.761. The third-order valence-corrected chi connectivity index (χ3v) is 2.27. The van der Waals surface area contributed by atoms with Crippen LogP contribution in [0.3, 0.4) is 0 Å². The molecule has 0 aliphatic carbocycles. The van der Waals surface area contributed by atoms with E-state index in [1.807, 2.05) is 0 Å².